The molecule has 6 heteroatoms. The summed E-state index contributed by atoms with van der Waals surface area (Å²) < 4.78 is 22.5. The van der Waals surface area contributed by atoms with Crippen molar-refractivity contribution >= 4 is 48.4 Å². The Morgan fingerprint density at radius 2 is 2.00 bits per heavy atom. The molecule has 0 aliphatic heterocycles. The van der Waals surface area contributed by atoms with Crippen molar-refractivity contribution in [3.8, 4) is 0 Å². The molecule has 0 heterocycles. The lowest BCUT2D eigenvalue weighted by Gasteiger charge is -2.27. The van der Waals surface area contributed by atoms with Gasteiger partial charge in [-0.25, -0.2) is 8.42 Å². The van der Waals surface area contributed by atoms with Crippen molar-refractivity contribution in [2.24, 2.45) is 0 Å². The summed E-state index contributed by atoms with van der Waals surface area (Å²) in [6.07, 6.45) is -1.10. The minimum atomic E-state index is -3.41. The molecule has 17 heavy (non-hydrogen) atoms. The largest absolute Gasteiger partial charge is 0.385 e. The molecule has 0 aliphatic carbocycles. The number of benzene rings is 1. The maximum atomic E-state index is 11.9. The molecule has 1 aromatic carbocycles. The summed E-state index contributed by atoms with van der Waals surface area (Å²) in [7, 11) is -3.41. The Kier molecular flexibility index (Phi) is 5.02. The van der Waals surface area contributed by atoms with Gasteiger partial charge in [0.25, 0.3) is 0 Å². The van der Waals surface area contributed by atoms with E-state index in [0.29, 0.717) is 5.56 Å². The van der Waals surface area contributed by atoms with Crippen molar-refractivity contribution in [2.45, 2.75) is 21.6 Å². The number of aliphatic hydroxyl groups excluding tert-OH is 1. The fourth-order valence-corrected chi connectivity index (χ4v) is 4.49. The summed E-state index contributed by atoms with van der Waals surface area (Å²) in [5, 5.41) is 10.3. The number of alkyl halides is 2. The lowest BCUT2D eigenvalue weighted by Crippen LogP contribution is -2.34. The zero-order valence-corrected chi connectivity index (χ0v) is 14.1. The number of aliphatic hydroxyl groups is 1. The van der Waals surface area contributed by atoms with Gasteiger partial charge in [0.05, 0.1) is 0 Å². The Labute approximate surface area is 124 Å². The fourth-order valence-electron chi connectivity index (χ4n) is 1.44. The van der Waals surface area contributed by atoms with Crippen LogP contribution in [-0.4, -0.2) is 20.9 Å². The average molecular weight is 433 g/mol. The number of sulfone groups is 1. The van der Waals surface area contributed by atoms with Gasteiger partial charge in [-0.1, -0.05) is 47.1 Å². The van der Waals surface area contributed by atoms with Crippen LogP contribution in [0, 0.1) is 6.92 Å². The molecule has 3 nitrogen and oxygen atoms in total. The number of hydrogen-bond acceptors (Lipinski definition) is 3. The first-order valence-electron chi connectivity index (χ1n) is 5.07. The number of halogens is 2. The highest BCUT2D eigenvalue weighted by Gasteiger charge is 2.45. The second-order valence-corrected chi connectivity index (χ2v) is 11.9. The summed E-state index contributed by atoms with van der Waals surface area (Å²) in [6.45, 7) is 3.41. The number of hydrogen-bond donors (Lipinski definition) is 1. The molecule has 1 rings (SSSR count). The molecule has 0 saturated heterocycles. The molecule has 96 valence electrons. The summed E-state index contributed by atoms with van der Waals surface area (Å²) >= 11 is 4.89. The highest BCUT2D eigenvalue weighted by molar-refractivity contribution is 14.1. The molecule has 0 bridgehead atoms. The Morgan fingerprint density at radius 3 is 2.47 bits per heavy atom. The van der Waals surface area contributed by atoms with Crippen LogP contribution < -0.4 is 0 Å². The molecule has 0 unspecified atom stereocenters. The van der Waals surface area contributed by atoms with Crippen LogP contribution >= 0.6 is 38.5 Å². The monoisotopic (exact) mass is 432 g/mol. The maximum absolute atomic E-state index is 11.9. The Morgan fingerprint density at radius 1 is 1.47 bits per heavy atom. The van der Waals surface area contributed by atoms with E-state index in [4.69, 9.17) is 0 Å². The second kappa shape index (κ2) is 5.54. The van der Waals surface area contributed by atoms with Crippen molar-refractivity contribution in [2.75, 3.05) is 5.75 Å². The topological polar surface area (TPSA) is 54.4 Å². The van der Waals surface area contributed by atoms with E-state index in [1.54, 1.807) is 41.6 Å². The van der Waals surface area contributed by atoms with Crippen molar-refractivity contribution in [3.05, 3.63) is 35.4 Å². The Balaban J connectivity index is 3.23. The van der Waals surface area contributed by atoms with Gasteiger partial charge in [0.2, 0.25) is 1.66 Å². The van der Waals surface area contributed by atoms with Gasteiger partial charge >= 0.3 is 0 Å². The van der Waals surface area contributed by atoms with Gasteiger partial charge in [-0.2, -0.15) is 0 Å². The van der Waals surface area contributed by atoms with Crippen molar-refractivity contribution in [3.63, 3.8) is 0 Å². The summed E-state index contributed by atoms with van der Waals surface area (Å²) in [6, 6.07) is 7.21. The van der Waals surface area contributed by atoms with Crippen molar-refractivity contribution < 1.29 is 13.5 Å². The summed E-state index contributed by atoms with van der Waals surface area (Å²) in [5.74, 6) is -0.0237. The standard InChI is InChI=1S/C11H14BrIO3S/c1-3-17(15,16)11(12,13)10(14)9-7-5-4-6-8(9)2/h4-7,10,14H,3H2,1-2H3/t10-,11-/m0/s1. The average Bonchev–Trinajstić information content (AvgIpc) is 2.28. The van der Waals surface area contributed by atoms with E-state index in [-0.39, 0.29) is 5.75 Å². The van der Waals surface area contributed by atoms with Crippen LogP contribution in [0.2, 0.25) is 0 Å². The molecule has 2 atom stereocenters. The molecule has 0 saturated carbocycles. The Bertz CT molecular complexity index is 499. The normalized spacial score (nSPS) is 17.5. The van der Waals surface area contributed by atoms with Gasteiger partial charge in [0.1, 0.15) is 6.10 Å². The van der Waals surface area contributed by atoms with Gasteiger partial charge in [0.15, 0.2) is 9.84 Å². The Hall–Kier alpha value is 0.340. The van der Waals surface area contributed by atoms with Crippen molar-refractivity contribution in [1.82, 2.24) is 0 Å². The maximum Gasteiger partial charge on any atom is 0.207 e. The molecular formula is C11H14BrIO3S. The third-order valence-electron chi connectivity index (χ3n) is 2.60. The molecule has 0 spiro atoms. The third-order valence-corrected chi connectivity index (χ3v) is 8.93. The SMILES string of the molecule is CCS(=O)(=O)[C@@](Br)(I)[C@@H](O)c1ccccc1C. The minimum absolute atomic E-state index is 0.0237. The predicted octanol–water partition coefficient (Wildman–Crippen LogP) is 2.95. The first kappa shape index (κ1) is 15.4. The van der Waals surface area contributed by atoms with Crippen LogP contribution in [-0.2, 0) is 9.84 Å². The van der Waals surface area contributed by atoms with E-state index in [1.165, 1.54) is 0 Å². The van der Waals surface area contributed by atoms with Gasteiger partial charge in [0, 0.05) is 5.75 Å². The van der Waals surface area contributed by atoms with E-state index in [2.05, 4.69) is 15.9 Å². The van der Waals surface area contributed by atoms with E-state index >= 15 is 0 Å². The highest BCUT2D eigenvalue weighted by atomic mass is 127. The van der Waals surface area contributed by atoms with Gasteiger partial charge in [-0.05, 0) is 40.6 Å². The molecule has 0 fully saturated rings. The second-order valence-electron chi connectivity index (χ2n) is 3.72. The van der Waals surface area contributed by atoms with E-state index in [0.717, 1.165) is 5.56 Å². The number of rotatable bonds is 4. The quantitative estimate of drug-likeness (QED) is 0.587. The van der Waals surface area contributed by atoms with E-state index in [9.17, 15) is 13.5 Å². The van der Waals surface area contributed by atoms with Crippen LogP contribution in [0.15, 0.2) is 24.3 Å². The lowest BCUT2D eigenvalue weighted by molar-refractivity contribution is 0.190. The lowest BCUT2D eigenvalue weighted by atomic mass is 10.1. The predicted molar refractivity (Wildman–Crippen MR) is 81.3 cm³/mol. The first-order valence-corrected chi connectivity index (χ1v) is 8.60. The fraction of sp³-hybridized carbons (Fsp3) is 0.455. The van der Waals surface area contributed by atoms with Gasteiger partial charge in [-0.15, -0.1) is 0 Å². The van der Waals surface area contributed by atoms with Crippen LogP contribution in [0.25, 0.3) is 0 Å². The number of aryl methyl sites for hydroxylation is 1. The zero-order chi connectivity index (χ0) is 13.3. The zero-order valence-electron chi connectivity index (χ0n) is 9.52. The molecule has 0 amide bonds. The third kappa shape index (κ3) is 3.02. The van der Waals surface area contributed by atoms with E-state index < -0.39 is 17.6 Å². The highest BCUT2D eigenvalue weighted by Crippen LogP contribution is 2.45. The van der Waals surface area contributed by atoms with Gasteiger partial charge < -0.3 is 5.11 Å². The van der Waals surface area contributed by atoms with Crippen LogP contribution in [0.4, 0.5) is 0 Å². The summed E-state index contributed by atoms with van der Waals surface area (Å²) in [4.78, 5) is 0. The molecular weight excluding hydrogens is 419 g/mol. The van der Waals surface area contributed by atoms with Gasteiger partial charge in [-0.3, -0.25) is 0 Å². The molecule has 1 N–H and O–H groups in total. The van der Waals surface area contributed by atoms with E-state index in [1.807, 2.05) is 19.1 Å². The van der Waals surface area contributed by atoms with Crippen LogP contribution in [0.3, 0.4) is 0 Å². The molecule has 0 aromatic heterocycles. The van der Waals surface area contributed by atoms with Crippen molar-refractivity contribution in [1.29, 1.82) is 0 Å². The summed E-state index contributed by atoms with van der Waals surface area (Å²) in [5.41, 5.74) is 1.49. The van der Waals surface area contributed by atoms with Crippen LogP contribution in [0.1, 0.15) is 24.2 Å². The minimum Gasteiger partial charge on any atom is -0.385 e. The van der Waals surface area contributed by atoms with Crippen LogP contribution in [0.5, 0.6) is 0 Å². The molecule has 1 aromatic rings. The molecule has 0 aliphatic rings. The first-order chi connectivity index (χ1) is 7.74. The molecule has 0 radical (unpaired) electrons. The smallest absolute Gasteiger partial charge is 0.207 e.